The molecule has 4 rings (SSSR count). The monoisotopic (exact) mass is 521 g/mol. The quantitative estimate of drug-likeness (QED) is 0.483. The SMILES string of the molecule is Cc1nn(-c2ccc(Cl)cc2)c(Cl)c1C1Nc2cc(Cl)c(S(N)(=O)=O)cc2S(=O)(=O)N1. The molecular formula is C17H14Cl3N5O4S2. The van der Waals surface area contributed by atoms with Crippen molar-refractivity contribution in [1.29, 1.82) is 0 Å². The Kier molecular flexibility index (Phi) is 5.49. The third-order valence-electron chi connectivity index (χ3n) is 4.61. The number of nitrogens with zero attached hydrogens (tertiary/aromatic N) is 2. The van der Waals surface area contributed by atoms with Gasteiger partial charge in [-0.15, -0.1) is 0 Å². The van der Waals surface area contributed by atoms with Crippen molar-refractivity contribution in [3.05, 3.63) is 62.9 Å². The lowest BCUT2D eigenvalue weighted by Crippen LogP contribution is -2.38. The maximum Gasteiger partial charge on any atom is 0.244 e. The fourth-order valence-corrected chi connectivity index (χ4v) is 6.19. The number of nitrogens with one attached hydrogen (secondary N) is 2. The highest BCUT2D eigenvalue weighted by Gasteiger charge is 2.35. The number of hydrogen-bond donors (Lipinski definition) is 3. The van der Waals surface area contributed by atoms with Gasteiger partial charge in [0.2, 0.25) is 20.0 Å². The second kappa shape index (κ2) is 7.62. The lowest BCUT2D eigenvalue weighted by molar-refractivity contribution is 0.561. The molecule has 0 radical (unpaired) electrons. The van der Waals surface area contributed by atoms with Gasteiger partial charge in [0.1, 0.15) is 21.1 Å². The van der Waals surface area contributed by atoms with E-state index in [9.17, 15) is 16.8 Å². The Hall–Kier alpha value is -1.86. The molecule has 0 spiro atoms. The number of halogens is 3. The molecule has 0 fully saturated rings. The van der Waals surface area contributed by atoms with Crippen LogP contribution in [-0.2, 0) is 20.0 Å². The summed E-state index contributed by atoms with van der Waals surface area (Å²) in [5.41, 5.74) is 1.58. The van der Waals surface area contributed by atoms with Gasteiger partial charge in [0, 0.05) is 5.02 Å². The maximum absolute atomic E-state index is 12.9. The number of aryl methyl sites for hydroxylation is 1. The van der Waals surface area contributed by atoms with Gasteiger partial charge in [-0.05, 0) is 43.3 Å². The molecule has 0 saturated heterocycles. The van der Waals surface area contributed by atoms with Crippen LogP contribution < -0.4 is 15.2 Å². The first-order valence-corrected chi connectivity index (χ1v) is 12.7. The maximum atomic E-state index is 12.9. The number of sulfonamides is 2. The number of aromatic nitrogens is 2. The lowest BCUT2D eigenvalue weighted by atomic mass is 10.2. The van der Waals surface area contributed by atoms with Crippen LogP contribution in [0.5, 0.6) is 0 Å². The molecule has 0 bridgehead atoms. The fourth-order valence-electron chi connectivity index (χ4n) is 3.22. The highest BCUT2D eigenvalue weighted by atomic mass is 35.5. The molecular weight excluding hydrogens is 509 g/mol. The molecule has 164 valence electrons. The molecule has 0 amide bonds. The molecule has 1 aliphatic heterocycles. The van der Waals surface area contributed by atoms with Gasteiger partial charge in [-0.3, -0.25) is 0 Å². The summed E-state index contributed by atoms with van der Waals surface area (Å²) in [6.45, 7) is 1.68. The van der Waals surface area contributed by atoms with Gasteiger partial charge in [-0.2, -0.15) is 9.82 Å². The smallest absolute Gasteiger partial charge is 0.244 e. The molecule has 1 aromatic heterocycles. The van der Waals surface area contributed by atoms with Gasteiger partial charge >= 0.3 is 0 Å². The second-order valence-electron chi connectivity index (χ2n) is 6.70. The van der Waals surface area contributed by atoms with E-state index >= 15 is 0 Å². The van der Waals surface area contributed by atoms with Crippen LogP contribution in [0.4, 0.5) is 5.69 Å². The number of primary sulfonamides is 1. The highest BCUT2D eigenvalue weighted by molar-refractivity contribution is 7.90. The van der Waals surface area contributed by atoms with E-state index in [1.54, 1.807) is 31.2 Å². The fraction of sp³-hybridized carbons (Fsp3) is 0.118. The molecule has 9 nitrogen and oxygen atoms in total. The van der Waals surface area contributed by atoms with Crippen LogP contribution in [0.2, 0.25) is 15.2 Å². The third kappa shape index (κ3) is 4.02. The van der Waals surface area contributed by atoms with Gasteiger partial charge in [0.25, 0.3) is 0 Å². The Morgan fingerprint density at radius 1 is 1.13 bits per heavy atom. The van der Waals surface area contributed by atoms with Crippen molar-refractivity contribution in [2.75, 3.05) is 5.32 Å². The molecule has 14 heteroatoms. The summed E-state index contributed by atoms with van der Waals surface area (Å²) in [7, 11) is -8.36. The minimum absolute atomic E-state index is 0.0934. The standard InChI is InChI=1S/C17H14Cl3N5O4S2/c1-8-15(16(20)25(23-8)10-4-2-9(18)3-5-10)17-22-12-6-11(19)13(30(21,26)27)7-14(12)31(28,29)24-17/h2-7,17,22,24H,1H3,(H2,21,26,27). The van der Waals surface area contributed by atoms with E-state index in [0.29, 0.717) is 22.0 Å². The Bertz CT molecular complexity index is 1420. The lowest BCUT2D eigenvalue weighted by Gasteiger charge is -2.28. The highest BCUT2D eigenvalue weighted by Crippen LogP contribution is 2.39. The predicted molar refractivity (Wildman–Crippen MR) is 118 cm³/mol. The summed E-state index contributed by atoms with van der Waals surface area (Å²) in [4.78, 5) is -0.806. The van der Waals surface area contributed by atoms with E-state index in [2.05, 4.69) is 15.1 Å². The Morgan fingerprint density at radius 3 is 2.39 bits per heavy atom. The predicted octanol–water partition coefficient (Wildman–Crippen LogP) is 3.19. The zero-order valence-electron chi connectivity index (χ0n) is 15.6. The molecule has 1 atom stereocenters. The first-order valence-electron chi connectivity index (χ1n) is 8.54. The normalized spacial score (nSPS) is 17.8. The number of anilines is 1. The van der Waals surface area contributed by atoms with E-state index in [4.69, 9.17) is 39.9 Å². The average Bonchev–Trinajstić information content (AvgIpc) is 2.94. The number of benzene rings is 2. The van der Waals surface area contributed by atoms with Crippen molar-refractivity contribution in [2.24, 2.45) is 5.14 Å². The van der Waals surface area contributed by atoms with Crippen LogP contribution in [0.1, 0.15) is 17.4 Å². The van der Waals surface area contributed by atoms with Crippen molar-refractivity contribution in [3.63, 3.8) is 0 Å². The minimum Gasteiger partial charge on any atom is -0.364 e. The van der Waals surface area contributed by atoms with Crippen molar-refractivity contribution in [3.8, 4) is 5.69 Å². The zero-order valence-corrected chi connectivity index (χ0v) is 19.5. The second-order valence-corrected chi connectivity index (χ2v) is 11.1. The van der Waals surface area contributed by atoms with E-state index in [1.807, 2.05) is 0 Å². The molecule has 2 aromatic carbocycles. The van der Waals surface area contributed by atoms with Crippen LogP contribution in [-0.4, -0.2) is 26.6 Å². The van der Waals surface area contributed by atoms with Gasteiger partial charge in [0.05, 0.1) is 27.7 Å². The van der Waals surface area contributed by atoms with Crippen LogP contribution in [0.15, 0.2) is 46.2 Å². The van der Waals surface area contributed by atoms with Crippen molar-refractivity contribution < 1.29 is 16.8 Å². The van der Waals surface area contributed by atoms with Crippen molar-refractivity contribution in [2.45, 2.75) is 22.9 Å². The van der Waals surface area contributed by atoms with E-state index < -0.39 is 31.1 Å². The molecule has 1 unspecified atom stereocenters. The molecule has 1 aliphatic rings. The molecule has 0 aliphatic carbocycles. The van der Waals surface area contributed by atoms with Gasteiger partial charge in [0.15, 0.2) is 0 Å². The third-order valence-corrected chi connectivity index (χ3v) is 8.06. The van der Waals surface area contributed by atoms with Crippen LogP contribution in [0, 0.1) is 6.92 Å². The summed E-state index contributed by atoms with van der Waals surface area (Å²) >= 11 is 18.5. The molecule has 2 heterocycles. The van der Waals surface area contributed by atoms with E-state index in [0.717, 1.165) is 6.07 Å². The molecule has 31 heavy (non-hydrogen) atoms. The van der Waals surface area contributed by atoms with E-state index in [-0.39, 0.29) is 20.8 Å². The number of fused-ring (bicyclic) bond motifs is 1. The van der Waals surface area contributed by atoms with Crippen LogP contribution >= 0.6 is 34.8 Å². The molecule has 3 aromatic rings. The Labute approximate surface area is 193 Å². The summed E-state index contributed by atoms with van der Waals surface area (Å²) < 4.78 is 53.0. The summed E-state index contributed by atoms with van der Waals surface area (Å²) in [6, 6.07) is 8.87. The minimum atomic E-state index is -4.22. The summed E-state index contributed by atoms with van der Waals surface area (Å²) in [5.74, 6) is 0. The number of nitrogens with two attached hydrogens (primary N) is 1. The van der Waals surface area contributed by atoms with Crippen LogP contribution in [0.25, 0.3) is 5.69 Å². The first kappa shape index (κ1) is 22.3. The first-order chi connectivity index (χ1) is 14.4. The van der Waals surface area contributed by atoms with Gasteiger partial charge in [-0.1, -0.05) is 34.8 Å². The summed E-state index contributed by atoms with van der Waals surface area (Å²) in [5, 5.41) is 13.0. The molecule has 0 saturated carbocycles. The Balaban J connectivity index is 1.81. The summed E-state index contributed by atoms with van der Waals surface area (Å²) in [6.07, 6.45) is -0.984. The largest absolute Gasteiger partial charge is 0.364 e. The number of rotatable bonds is 3. The average molecular weight is 523 g/mol. The van der Waals surface area contributed by atoms with Gasteiger partial charge < -0.3 is 5.32 Å². The van der Waals surface area contributed by atoms with Crippen LogP contribution in [0.3, 0.4) is 0 Å². The number of hydrogen-bond acceptors (Lipinski definition) is 6. The zero-order chi connectivity index (χ0) is 22.7. The van der Waals surface area contributed by atoms with E-state index in [1.165, 1.54) is 10.7 Å². The van der Waals surface area contributed by atoms with Crippen molar-refractivity contribution >= 4 is 60.5 Å². The topological polar surface area (TPSA) is 136 Å². The van der Waals surface area contributed by atoms with Crippen molar-refractivity contribution in [1.82, 2.24) is 14.5 Å². The Morgan fingerprint density at radius 2 is 1.77 bits per heavy atom. The van der Waals surface area contributed by atoms with Gasteiger partial charge in [-0.25, -0.2) is 26.7 Å². The molecule has 4 N–H and O–H groups in total.